The molecule has 0 radical (unpaired) electrons. The molecule has 7 N–H and O–H groups in total. The molecule has 0 spiro atoms. The minimum absolute atomic E-state index is 0.0158. The average Bonchev–Trinajstić information content (AvgIpc) is 2.86. The van der Waals surface area contributed by atoms with Gasteiger partial charge in [0, 0.05) is 11.6 Å². The molecule has 0 aromatic heterocycles. The molecule has 37 heavy (non-hydrogen) atoms. The van der Waals surface area contributed by atoms with Crippen LogP contribution in [-0.4, -0.2) is 84.9 Å². The Morgan fingerprint density at radius 3 is 2.32 bits per heavy atom. The summed E-state index contributed by atoms with van der Waals surface area (Å²) in [4.78, 5) is 13.1. The fraction of sp³-hybridized carbons (Fsp3) is 0.423. The second-order valence-corrected chi connectivity index (χ2v) is 9.32. The van der Waals surface area contributed by atoms with Gasteiger partial charge in [-0.05, 0) is 38.0 Å². The molecule has 0 amide bonds. The molecule has 0 saturated carbocycles. The molecule has 2 aromatic carbocycles. The summed E-state index contributed by atoms with van der Waals surface area (Å²) in [5.41, 5.74) is 1.35. The first-order valence-corrected chi connectivity index (χ1v) is 11.7. The highest BCUT2D eigenvalue weighted by Crippen LogP contribution is 2.46. The quantitative estimate of drug-likeness (QED) is 0.263. The van der Waals surface area contributed by atoms with E-state index in [1.165, 1.54) is 24.3 Å². The Balaban J connectivity index is 1.79. The van der Waals surface area contributed by atoms with Gasteiger partial charge in [-0.3, -0.25) is 4.79 Å². The van der Waals surface area contributed by atoms with Crippen LogP contribution in [0.3, 0.4) is 0 Å². The van der Waals surface area contributed by atoms with E-state index in [1.54, 1.807) is 6.08 Å². The highest BCUT2D eigenvalue weighted by molar-refractivity contribution is 6.06. The second-order valence-electron chi connectivity index (χ2n) is 9.32. The molecule has 1 saturated heterocycles. The lowest BCUT2D eigenvalue weighted by molar-refractivity contribution is -0.277. The summed E-state index contributed by atoms with van der Waals surface area (Å²) in [5, 5.41) is 71.2. The van der Waals surface area contributed by atoms with Gasteiger partial charge in [-0.2, -0.15) is 0 Å². The first-order valence-electron chi connectivity index (χ1n) is 11.7. The number of aromatic hydroxyl groups is 2. The van der Waals surface area contributed by atoms with Crippen LogP contribution in [0.1, 0.15) is 41.4 Å². The summed E-state index contributed by atoms with van der Waals surface area (Å²) < 4.78 is 17.3. The maximum Gasteiger partial charge on any atom is 0.229 e. The summed E-state index contributed by atoms with van der Waals surface area (Å²) >= 11 is 0. The van der Waals surface area contributed by atoms with Crippen molar-refractivity contribution in [2.24, 2.45) is 0 Å². The van der Waals surface area contributed by atoms with Crippen molar-refractivity contribution in [3.8, 4) is 23.0 Å². The van der Waals surface area contributed by atoms with E-state index in [0.717, 1.165) is 11.6 Å². The van der Waals surface area contributed by atoms with Crippen molar-refractivity contribution in [2.75, 3.05) is 6.61 Å². The molecule has 2 aliphatic heterocycles. The number of benzene rings is 2. The molecule has 7 atom stereocenters. The predicted octanol–water partition coefficient (Wildman–Crippen LogP) is 0.462. The van der Waals surface area contributed by atoms with Crippen molar-refractivity contribution in [1.29, 1.82) is 0 Å². The van der Waals surface area contributed by atoms with E-state index in [0.29, 0.717) is 5.56 Å². The van der Waals surface area contributed by atoms with Crippen molar-refractivity contribution >= 4 is 5.78 Å². The monoisotopic (exact) mass is 518 g/mol. The number of allylic oxidation sites excluding steroid dienone is 2. The molecule has 1 fully saturated rings. The summed E-state index contributed by atoms with van der Waals surface area (Å²) in [7, 11) is 0. The largest absolute Gasteiger partial charge is 0.508 e. The molecular weight excluding hydrogens is 488 g/mol. The molecule has 11 heteroatoms. The van der Waals surface area contributed by atoms with Crippen LogP contribution < -0.4 is 9.47 Å². The molecule has 2 aliphatic rings. The predicted molar refractivity (Wildman–Crippen MR) is 127 cm³/mol. The topological polar surface area (TPSA) is 186 Å². The number of fused-ring (bicyclic) bond motifs is 1. The summed E-state index contributed by atoms with van der Waals surface area (Å²) in [6, 6.07) is 6.86. The Morgan fingerprint density at radius 2 is 1.70 bits per heavy atom. The first-order chi connectivity index (χ1) is 17.5. The molecule has 4 rings (SSSR count). The number of rotatable bonds is 6. The zero-order chi connectivity index (χ0) is 27.0. The smallest absolute Gasteiger partial charge is 0.229 e. The van der Waals surface area contributed by atoms with Crippen molar-refractivity contribution in [2.45, 2.75) is 63.2 Å². The molecule has 2 aromatic rings. The number of carbonyl (C=O) groups is 1. The van der Waals surface area contributed by atoms with Gasteiger partial charge in [-0.1, -0.05) is 23.8 Å². The lowest BCUT2D eigenvalue weighted by Crippen LogP contribution is -2.60. The van der Waals surface area contributed by atoms with Gasteiger partial charge in [0.1, 0.15) is 53.0 Å². The van der Waals surface area contributed by atoms with Crippen LogP contribution in [0, 0.1) is 0 Å². The number of Topliss-reactive ketones (excluding diaryl/α,β-unsaturated/α-hetero) is 1. The van der Waals surface area contributed by atoms with E-state index >= 15 is 0 Å². The summed E-state index contributed by atoms with van der Waals surface area (Å²) in [6.45, 7) is 3.04. The van der Waals surface area contributed by atoms with Gasteiger partial charge in [0.2, 0.25) is 12.1 Å². The number of aliphatic hydroxyl groups excluding tert-OH is 5. The number of phenols is 2. The zero-order valence-corrected chi connectivity index (χ0v) is 20.2. The molecule has 2 unspecified atom stereocenters. The molecule has 11 nitrogen and oxygen atoms in total. The maximum absolute atomic E-state index is 13.1. The van der Waals surface area contributed by atoms with Gasteiger partial charge in [0.25, 0.3) is 0 Å². The highest BCUT2D eigenvalue weighted by Gasteiger charge is 2.46. The van der Waals surface area contributed by atoms with Gasteiger partial charge in [0.15, 0.2) is 12.2 Å². The molecule has 2 heterocycles. The average molecular weight is 519 g/mol. The van der Waals surface area contributed by atoms with Crippen LogP contribution in [-0.2, 0) is 11.2 Å². The van der Waals surface area contributed by atoms with Crippen LogP contribution in [0.4, 0.5) is 0 Å². The Bertz CT molecular complexity index is 1170. The SMILES string of the molecule is CC(C)=CCc1c(O[C@@H]2O[C@H](CO)[C@@H](O)[C@H](O)[C@H]2O)cc(O)c2c1OC(c1ccc(O)cc1)C(O)C2=O. The summed E-state index contributed by atoms with van der Waals surface area (Å²) in [5.74, 6) is -1.45. The van der Waals surface area contributed by atoms with E-state index in [-0.39, 0.29) is 34.8 Å². The minimum Gasteiger partial charge on any atom is -0.508 e. The fourth-order valence-electron chi connectivity index (χ4n) is 4.32. The molecular formula is C26H30O11. The van der Waals surface area contributed by atoms with Gasteiger partial charge in [-0.15, -0.1) is 0 Å². The number of hydrogen-bond acceptors (Lipinski definition) is 11. The third-order valence-electron chi connectivity index (χ3n) is 6.40. The number of hydrogen-bond donors (Lipinski definition) is 7. The van der Waals surface area contributed by atoms with Crippen LogP contribution in [0.5, 0.6) is 23.0 Å². The molecule has 0 aliphatic carbocycles. The Morgan fingerprint density at radius 1 is 1.03 bits per heavy atom. The van der Waals surface area contributed by atoms with Crippen LogP contribution >= 0.6 is 0 Å². The van der Waals surface area contributed by atoms with Crippen molar-refractivity contribution in [3.63, 3.8) is 0 Å². The number of phenolic OH excluding ortho intramolecular Hbond substituents is 2. The van der Waals surface area contributed by atoms with E-state index in [9.17, 15) is 40.5 Å². The molecule has 200 valence electrons. The number of aliphatic hydroxyl groups is 5. The standard InChI is InChI=1S/C26H30O11/c1-11(2)3-8-14-16(35-26-23(34)21(32)19(30)17(10-27)36-26)9-15(29)18-20(31)22(33)24(37-25(14)18)12-4-6-13(28)7-5-12/h3-7,9,17,19,21-24,26-30,32-34H,8,10H2,1-2H3/t17-,19-,21+,22?,23-,24?,26-/m1/s1. The van der Waals surface area contributed by atoms with Crippen LogP contribution in [0.15, 0.2) is 42.0 Å². The number of ether oxygens (including phenoxy) is 3. The van der Waals surface area contributed by atoms with E-state index in [4.69, 9.17) is 14.2 Å². The third-order valence-corrected chi connectivity index (χ3v) is 6.40. The lowest BCUT2D eigenvalue weighted by atomic mass is 9.90. The van der Waals surface area contributed by atoms with E-state index < -0.39 is 61.1 Å². The maximum atomic E-state index is 13.1. The highest BCUT2D eigenvalue weighted by atomic mass is 16.7. The second kappa shape index (κ2) is 10.7. The van der Waals surface area contributed by atoms with Crippen LogP contribution in [0.25, 0.3) is 0 Å². The van der Waals surface area contributed by atoms with Gasteiger partial charge >= 0.3 is 0 Å². The van der Waals surface area contributed by atoms with Crippen LogP contribution in [0.2, 0.25) is 0 Å². The number of carbonyl (C=O) groups excluding carboxylic acids is 1. The van der Waals surface area contributed by atoms with Crippen molar-refractivity contribution in [3.05, 3.63) is 58.7 Å². The van der Waals surface area contributed by atoms with E-state index in [2.05, 4.69) is 0 Å². The first kappa shape index (κ1) is 26.9. The number of ketones is 1. The Kier molecular flexibility index (Phi) is 7.74. The fourth-order valence-corrected chi connectivity index (χ4v) is 4.32. The normalized spacial score (nSPS) is 29.3. The van der Waals surface area contributed by atoms with E-state index in [1.807, 2.05) is 13.8 Å². The molecule has 0 bridgehead atoms. The third kappa shape index (κ3) is 5.14. The van der Waals surface area contributed by atoms with Gasteiger partial charge in [0.05, 0.1) is 6.61 Å². The van der Waals surface area contributed by atoms with Gasteiger partial charge < -0.3 is 50.0 Å². The van der Waals surface area contributed by atoms with Gasteiger partial charge in [-0.25, -0.2) is 0 Å². The Hall–Kier alpha value is -3.19. The zero-order valence-electron chi connectivity index (χ0n) is 20.2. The lowest BCUT2D eigenvalue weighted by Gasteiger charge is -2.40. The minimum atomic E-state index is -1.71. The van der Waals surface area contributed by atoms with Crippen molar-refractivity contribution < 1.29 is 54.8 Å². The summed E-state index contributed by atoms with van der Waals surface area (Å²) in [6.07, 6.45) is -8.58. The van der Waals surface area contributed by atoms with Crippen molar-refractivity contribution in [1.82, 2.24) is 0 Å². The Labute approximate surface area is 212 Å².